The quantitative estimate of drug-likeness (QED) is 0.787. The summed E-state index contributed by atoms with van der Waals surface area (Å²) < 4.78 is 52.9. The molecule has 1 aliphatic heterocycles. The highest BCUT2D eigenvalue weighted by Gasteiger charge is 2.33. The molecule has 0 saturated carbocycles. The summed E-state index contributed by atoms with van der Waals surface area (Å²) in [6, 6.07) is 4.43. The van der Waals surface area contributed by atoms with Gasteiger partial charge in [-0.1, -0.05) is 12.1 Å². The molecule has 1 aromatic heterocycles. The highest BCUT2D eigenvalue weighted by Crippen LogP contribution is 2.33. The van der Waals surface area contributed by atoms with Gasteiger partial charge in [-0.25, -0.2) is 9.40 Å². The van der Waals surface area contributed by atoms with Crippen LogP contribution in [0.15, 0.2) is 42.7 Å². The van der Waals surface area contributed by atoms with Crippen molar-refractivity contribution in [2.24, 2.45) is 7.05 Å². The number of hydrogen-bond donors (Lipinski definition) is 1. The van der Waals surface area contributed by atoms with Gasteiger partial charge >= 0.3 is 6.18 Å². The third kappa shape index (κ3) is 4.01. The van der Waals surface area contributed by atoms with E-state index >= 15 is 0 Å². The molecule has 1 amide bonds. The van der Waals surface area contributed by atoms with E-state index in [-0.39, 0.29) is 18.9 Å². The zero-order chi connectivity index (χ0) is 20.5. The molecule has 28 heavy (non-hydrogen) atoms. The van der Waals surface area contributed by atoms with E-state index in [0.29, 0.717) is 16.9 Å². The number of aliphatic hydroxyl groups excluding tert-OH is 1. The number of hydrogen-bond acceptors (Lipinski definition) is 4. The minimum absolute atomic E-state index is 0.00648. The molecule has 0 saturated heterocycles. The number of alkyl halides is 4. The number of hydrazine groups is 1. The fourth-order valence-corrected chi connectivity index (χ4v) is 2.94. The van der Waals surface area contributed by atoms with Crippen molar-refractivity contribution in [3.8, 4) is 0 Å². The lowest BCUT2D eigenvalue weighted by Crippen LogP contribution is -2.51. The van der Waals surface area contributed by atoms with Crippen molar-refractivity contribution in [1.29, 1.82) is 0 Å². The monoisotopic (exact) mass is 398 g/mol. The van der Waals surface area contributed by atoms with E-state index in [9.17, 15) is 27.5 Å². The highest BCUT2D eigenvalue weighted by atomic mass is 19.4. The van der Waals surface area contributed by atoms with Crippen LogP contribution in [-0.2, 0) is 18.0 Å². The first-order valence-electron chi connectivity index (χ1n) is 8.41. The van der Waals surface area contributed by atoms with Gasteiger partial charge < -0.3 is 5.11 Å². The average molecular weight is 398 g/mol. The van der Waals surface area contributed by atoms with Crippen LogP contribution in [0.1, 0.15) is 17.5 Å². The molecule has 1 aromatic carbocycles. The molecule has 0 fully saturated rings. The maximum atomic E-state index is 12.9. The number of aromatic nitrogens is 2. The number of aryl methyl sites for hydroxylation is 1. The van der Waals surface area contributed by atoms with Crippen molar-refractivity contribution in [3.05, 3.63) is 53.9 Å². The van der Waals surface area contributed by atoms with Crippen LogP contribution < -0.4 is 5.01 Å². The first kappa shape index (κ1) is 19.9. The van der Waals surface area contributed by atoms with Crippen molar-refractivity contribution < 1.29 is 27.5 Å². The Morgan fingerprint density at radius 1 is 1.25 bits per heavy atom. The summed E-state index contributed by atoms with van der Waals surface area (Å²) in [5, 5.41) is 16.4. The molecule has 0 unspecified atom stereocenters. The van der Waals surface area contributed by atoms with E-state index in [1.165, 1.54) is 33.0 Å². The van der Waals surface area contributed by atoms with Gasteiger partial charge in [0.2, 0.25) is 5.91 Å². The Kier molecular flexibility index (Phi) is 5.41. The van der Waals surface area contributed by atoms with Crippen LogP contribution >= 0.6 is 0 Å². The van der Waals surface area contributed by atoms with E-state index in [1.54, 1.807) is 19.3 Å². The number of halogens is 4. The number of carbonyl (C=O) groups excluding carboxylic acids is 1. The molecule has 1 atom stereocenters. The van der Waals surface area contributed by atoms with Gasteiger partial charge in [-0.05, 0) is 23.8 Å². The Hall–Kier alpha value is -2.88. The number of nitrogens with zero attached hydrogens (tertiary/aromatic N) is 4. The Balaban J connectivity index is 2.01. The van der Waals surface area contributed by atoms with E-state index in [4.69, 9.17) is 0 Å². The molecule has 0 aliphatic carbocycles. The fraction of sp³-hybridized carbons (Fsp3) is 0.333. The third-order valence-corrected chi connectivity index (χ3v) is 4.23. The van der Waals surface area contributed by atoms with E-state index in [1.807, 2.05) is 0 Å². The molecule has 1 N–H and O–H groups in total. The lowest BCUT2D eigenvalue weighted by molar-refractivity contribution is -0.137. The van der Waals surface area contributed by atoms with Crippen LogP contribution in [0.25, 0.3) is 5.70 Å². The minimum Gasteiger partial charge on any atom is -0.388 e. The van der Waals surface area contributed by atoms with E-state index in [0.717, 1.165) is 12.1 Å². The van der Waals surface area contributed by atoms with Crippen molar-refractivity contribution >= 4 is 17.3 Å². The van der Waals surface area contributed by atoms with Gasteiger partial charge in [0.15, 0.2) is 0 Å². The summed E-state index contributed by atoms with van der Waals surface area (Å²) >= 11 is 0. The van der Waals surface area contributed by atoms with E-state index in [2.05, 4.69) is 5.10 Å². The molecular weight excluding hydrogens is 380 g/mol. The average Bonchev–Trinajstić information content (AvgIpc) is 3.07. The molecule has 6 nitrogen and oxygen atoms in total. The number of carbonyl (C=O) groups is 1. The zero-order valence-electron chi connectivity index (χ0n) is 14.9. The Labute approximate surface area is 158 Å². The second-order valence-electron chi connectivity index (χ2n) is 6.34. The number of β-amino-alcohol motifs (C(OH)–C–C–N with tert-alkyl or cyclic N) is 1. The molecule has 0 radical (unpaired) electrons. The summed E-state index contributed by atoms with van der Waals surface area (Å²) in [6.45, 7) is -1.30. The molecule has 2 aromatic rings. The summed E-state index contributed by atoms with van der Waals surface area (Å²) in [7, 11) is 1.66. The smallest absolute Gasteiger partial charge is 0.388 e. The number of anilines is 1. The van der Waals surface area contributed by atoms with Crippen LogP contribution in [0.4, 0.5) is 23.2 Å². The first-order valence-corrected chi connectivity index (χ1v) is 8.41. The SMILES string of the molecule is Cn1cc(N2C(=O)CC=C(c3ccc(C(F)(F)F)cc3)N2C[C@H](O)CF)cn1. The number of aliphatic hydroxyl groups is 1. The van der Waals surface area contributed by atoms with Crippen molar-refractivity contribution in [3.63, 3.8) is 0 Å². The largest absolute Gasteiger partial charge is 0.416 e. The normalized spacial score (nSPS) is 16.4. The van der Waals surface area contributed by atoms with Gasteiger partial charge in [0.05, 0.1) is 30.2 Å². The van der Waals surface area contributed by atoms with Gasteiger partial charge in [-0.15, -0.1) is 0 Å². The second kappa shape index (κ2) is 7.63. The van der Waals surface area contributed by atoms with Crippen LogP contribution in [0.3, 0.4) is 0 Å². The topological polar surface area (TPSA) is 61.6 Å². The standard InChI is InChI=1S/C18H18F4N4O2/c1-24-10-14(9-23-24)26-17(28)7-6-16(25(26)11-15(27)8-19)12-2-4-13(5-3-12)18(20,21)22/h2-6,9-10,15,27H,7-8,11H2,1H3/t15-/m1/s1. The second-order valence-corrected chi connectivity index (χ2v) is 6.34. The van der Waals surface area contributed by atoms with Crippen molar-refractivity contribution in [1.82, 2.24) is 14.8 Å². The van der Waals surface area contributed by atoms with Gasteiger partial charge in [-0.3, -0.25) is 14.5 Å². The van der Waals surface area contributed by atoms with Gasteiger partial charge in [0.25, 0.3) is 0 Å². The summed E-state index contributed by atoms with van der Waals surface area (Å²) in [6.07, 6.45) is -1.31. The Morgan fingerprint density at radius 2 is 1.93 bits per heavy atom. The molecule has 0 bridgehead atoms. The molecule has 10 heteroatoms. The maximum Gasteiger partial charge on any atom is 0.416 e. The molecule has 1 aliphatic rings. The number of benzene rings is 1. The van der Waals surface area contributed by atoms with Gasteiger partial charge in [-0.2, -0.15) is 18.3 Å². The Bertz CT molecular complexity index is 876. The summed E-state index contributed by atoms with van der Waals surface area (Å²) in [5.41, 5.74) is 0.393. The van der Waals surface area contributed by atoms with E-state index < -0.39 is 24.5 Å². The number of rotatable bonds is 5. The predicted octanol–water partition coefficient (Wildman–Crippen LogP) is 2.76. The lowest BCUT2D eigenvalue weighted by Gasteiger charge is -2.40. The molecule has 3 rings (SSSR count). The summed E-state index contributed by atoms with van der Waals surface area (Å²) in [4.78, 5) is 12.5. The predicted molar refractivity (Wildman–Crippen MR) is 93.4 cm³/mol. The summed E-state index contributed by atoms with van der Waals surface area (Å²) in [5.74, 6) is -0.338. The molecule has 150 valence electrons. The Morgan fingerprint density at radius 3 is 2.46 bits per heavy atom. The van der Waals surface area contributed by atoms with Crippen LogP contribution in [-0.4, -0.2) is 45.1 Å². The fourth-order valence-electron chi connectivity index (χ4n) is 2.94. The maximum absolute atomic E-state index is 12.9. The molecule has 2 heterocycles. The first-order chi connectivity index (χ1) is 13.2. The third-order valence-electron chi connectivity index (χ3n) is 4.23. The van der Waals surface area contributed by atoms with Crippen LogP contribution in [0.5, 0.6) is 0 Å². The van der Waals surface area contributed by atoms with Crippen molar-refractivity contribution in [2.45, 2.75) is 18.7 Å². The van der Waals surface area contributed by atoms with Crippen LogP contribution in [0.2, 0.25) is 0 Å². The highest BCUT2D eigenvalue weighted by molar-refractivity contribution is 5.97. The van der Waals surface area contributed by atoms with Crippen LogP contribution in [0, 0.1) is 0 Å². The minimum atomic E-state index is -4.47. The van der Waals surface area contributed by atoms with Gasteiger partial charge in [0.1, 0.15) is 18.5 Å². The zero-order valence-corrected chi connectivity index (χ0v) is 14.9. The lowest BCUT2D eigenvalue weighted by atomic mass is 10.1. The molecular formula is C18H18F4N4O2. The van der Waals surface area contributed by atoms with Gasteiger partial charge in [0, 0.05) is 13.5 Å². The number of amides is 1. The van der Waals surface area contributed by atoms with Crippen molar-refractivity contribution in [2.75, 3.05) is 18.2 Å². The molecule has 0 spiro atoms.